The van der Waals surface area contributed by atoms with Crippen LogP contribution in [0.2, 0.25) is 0 Å². The van der Waals surface area contributed by atoms with Crippen LogP contribution in [0, 0.1) is 0 Å². The van der Waals surface area contributed by atoms with Gasteiger partial charge < -0.3 is 9.57 Å². The van der Waals surface area contributed by atoms with Gasteiger partial charge in [-0.05, 0) is 0 Å². The van der Waals surface area contributed by atoms with E-state index < -0.39 is 0 Å². The summed E-state index contributed by atoms with van der Waals surface area (Å²) < 4.78 is 5.28. The molecule has 0 aromatic carbocycles. The predicted octanol–water partition coefficient (Wildman–Crippen LogP) is 0.589. The van der Waals surface area contributed by atoms with Crippen molar-refractivity contribution in [3.63, 3.8) is 0 Å². The van der Waals surface area contributed by atoms with Gasteiger partial charge >= 0.3 is 0 Å². The molecular formula is C7H7N3O2. The second kappa shape index (κ2) is 3.17. The van der Waals surface area contributed by atoms with Gasteiger partial charge in [0, 0.05) is 0 Å². The van der Waals surface area contributed by atoms with Gasteiger partial charge in [0.25, 0.3) is 0 Å². The van der Waals surface area contributed by atoms with Gasteiger partial charge in [0.05, 0.1) is 18.8 Å². The Morgan fingerprint density at radius 3 is 2.83 bits per heavy atom. The molecule has 0 spiro atoms. The molecule has 5 nitrogen and oxygen atoms in total. The van der Waals surface area contributed by atoms with Crippen molar-refractivity contribution in [3.05, 3.63) is 18.7 Å². The number of nitrogens with zero attached hydrogens (tertiary/aromatic N) is 3. The van der Waals surface area contributed by atoms with Gasteiger partial charge in [0.15, 0.2) is 5.75 Å². The fourth-order valence-corrected chi connectivity index (χ4v) is 0.840. The van der Waals surface area contributed by atoms with E-state index in [2.05, 4.69) is 15.1 Å². The Bertz CT molecular complexity index is 286. The molecule has 12 heavy (non-hydrogen) atoms. The standard InChI is InChI=1S/C7H7N3O2/c1-2-11-10-7(1)12-6-3-8-5-9-4-6/h3-5H,1-2H2. The normalized spacial score (nSPS) is 15.2. The van der Waals surface area contributed by atoms with Crippen molar-refractivity contribution in [3.8, 4) is 5.75 Å². The van der Waals surface area contributed by atoms with Crippen LogP contribution >= 0.6 is 0 Å². The van der Waals surface area contributed by atoms with Gasteiger partial charge in [-0.1, -0.05) is 5.16 Å². The number of oxime groups is 1. The molecule has 62 valence electrons. The van der Waals surface area contributed by atoms with Crippen molar-refractivity contribution in [2.45, 2.75) is 6.42 Å². The molecule has 0 bridgehead atoms. The summed E-state index contributed by atoms with van der Waals surface area (Å²) in [6.45, 7) is 0.586. The topological polar surface area (TPSA) is 56.6 Å². The van der Waals surface area contributed by atoms with Gasteiger partial charge in [-0.3, -0.25) is 0 Å². The number of hydrogen-bond donors (Lipinski definition) is 0. The monoisotopic (exact) mass is 165 g/mol. The van der Waals surface area contributed by atoms with E-state index in [0.29, 0.717) is 24.7 Å². The van der Waals surface area contributed by atoms with Crippen molar-refractivity contribution in [2.75, 3.05) is 6.61 Å². The van der Waals surface area contributed by atoms with Gasteiger partial charge in [-0.15, -0.1) is 0 Å². The van der Waals surface area contributed by atoms with Crippen LogP contribution in [-0.4, -0.2) is 22.5 Å². The molecule has 1 aromatic heterocycles. The summed E-state index contributed by atoms with van der Waals surface area (Å²) in [6.07, 6.45) is 5.30. The molecule has 5 heteroatoms. The van der Waals surface area contributed by atoms with Crippen LogP contribution in [0.3, 0.4) is 0 Å². The number of hydrogen-bond acceptors (Lipinski definition) is 5. The highest BCUT2D eigenvalue weighted by Crippen LogP contribution is 2.09. The first-order valence-corrected chi connectivity index (χ1v) is 3.57. The minimum absolute atomic E-state index is 0.574. The summed E-state index contributed by atoms with van der Waals surface area (Å²) in [7, 11) is 0. The van der Waals surface area contributed by atoms with E-state index in [-0.39, 0.29) is 0 Å². The Kier molecular flexibility index (Phi) is 1.85. The molecule has 0 fully saturated rings. The maximum Gasteiger partial charge on any atom is 0.234 e. The van der Waals surface area contributed by atoms with Gasteiger partial charge in [-0.2, -0.15) is 0 Å². The Balaban J connectivity index is 2.04. The van der Waals surface area contributed by atoms with E-state index in [4.69, 9.17) is 9.57 Å². The molecule has 0 saturated carbocycles. The molecule has 2 rings (SSSR count). The lowest BCUT2D eigenvalue weighted by atomic mass is 10.5. The molecule has 0 saturated heterocycles. The fraction of sp³-hybridized carbons (Fsp3) is 0.286. The van der Waals surface area contributed by atoms with Crippen LogP contribution in [0.1, 0.15) is 6.42 Å². The summed E-state index contributed by atoms with van der Waals surface area (Å²) in [5, 5.41) is 3.67. The molecular weight excluding hydrogens is 158 g/mol. The zero-order valence-electron chi connectivity index (χ0n) is 6.30. The Morgan fingerprint density at radius 2 is 2.17 bits per heavy atom. The lowest BCUT2D eigenvalue weighted by Gasteiger charge is -1.99. The Morgan fingerprint density at radius 1 is 1.33 bits per heavy atom. The molecule has 0 radical (unpaired) electrons. The van der Waals surface area contributed by atoms with Gasteiger partial charge in [0.1, 0.15) is 12.9 Å². The Labute approximate surface area is 69.0 Å². The highest BCUT2D eigenvalue weighted by atomic mass is 16.7. The molecule has 2 heterocycles. The first kappa shape index (κ1) is 7.02. The summed E-state index contributed by atoms with van der Waals surface area (Å²) in [5.74, 6) is 1.16. The van der Waals surface area contributed by atoms with Gasteiger partial charge in [0.2, 0.25) is 5.90 Å². The maximum atomic E-state index is 5.28. The van der Waals surface area contributed by atoms with Crippen LogP contribution in [0.4, 0.5) is 0 Å². The fourth-order valence-electron chi connectivity index (χ4n) is 0.840. The molecule has 0 amide bonds. The molecule has 0 atom stereocenters. The lowest BCUT2D eigenvalue weighted by Crippen LogP contribution is -2.05. The highest BCUT2D eigenvalue weighted by Gasteiger charge is 2.09. The van der Waals surface area contributed by atoms with Crippen LogP contribution in [0.15, 0.2) is 23.9 Å². The van der Waals surface area contributed by atoms with Gasteiger partial charge in [-0.25, -0.2) is 9.97 Å². The number of ether oxygens (including phenoxy) is 1. The zero-order chi connectivity index (χ0) is 8.23. The van der Waals surface area contributed by atoms with E-state index >= 15 is 0 Å². The van der Waals surface area contributed by atoms with Crippen LogP contribution < -0.4 is 4.74 Å². The van der Waals surface area contributed by atoms with E-state index in [1.807, 2.05) is 0 Å². The van der Waals surface area contributed by atoms with E-state index in [1.165, 1.54) is 6.33 Å². The second-order valence-electron chi connectivity index (χ2n) is 2.24. The van der Waals surface area contributed by atoms with Crippen LogP contribution in [0.5, 0.6) is 5.75 Å². The molecule has 0 aliphatic carbocycles. The second-order valence-corrected chi connectivity index (χ2v) is 2.24. The van der Waals surface area contributed by atoms with Crippen LogP contribution in [-0.2, 0) is 4.84 Å². The lowest BCUT2D eigenvalue weighted by molar-refractivity contribution is 0.173. The average Bonchev–Trinajstić information content (AvgIpc) is 2.59. The van der Waals surface area contributed by atoms with Crippen molar-refractivity contribution >= 4 is 5.90 Å². The third-order valence-electron chi connectivity index (χ3n) is 1.35. The largest absolute Gasteiger partial charge is 0.436 e. The quantitative estimate of drug-likeness (QED) is 0.611. The first-order valence-electron chi connectivity index (χ1n) is 3.57. The average molecular weight is 165 g/mol. The van der Waals surface area contributed by atoms with E-state index in [0.717, 1.165) is 0 Å². The summed E-state index contributed by atoms with van der Waals surface area (Å²) >= 11 is 0. The smallest absolute Gasteiger partial charge is 0.234 e. The molecule has 0 unspecified atom stereocenters. The van der Waals surface area contributed by atoms with Crippen LogP contribution in [0.25, 0.3) is 0 Å². The van der Waals surface area contributed by atoms with Crippen molar-refractivity contribution in [2.24, 2.45) is 5.16 Å². The third kappa shape index (κ3) is 1.50. The molecule has 1 aliphatic rings. The predicted molar refractivity (Wildman–Crippen MR) is 40.7 cm³/mol. The molecule has 1 aromatic rings. The maximum absolute atomic E-state index is 5.28. The van der Waals surface area contributed by atoms with E-state index in [1.54, 1.807) is 12.4 Å². The van der Waals surface area contributed by atoms with Crippen molar-refractivity contribution in [1.82, 2.24) is 9.97 Å². The minimum Gasteiger partial charge on any atom is -0.436 e. The van der Waals surface area contributed by atoms with Crippen molar-refractivity contribution in [1.29, 1.82) is 0 Å². The first-order chi connectivity index (χ1) is 5.95. The summed E-state index contributed by atoms with van der Waals surface area (Å²) in [4.78, 5) is 12.3. The zero-order valence-corrected chi connectivity index (χ0v) is 6.30. The SMILES string of the molecule is c1ncc(OC2=NOCC2)cn1. The number of rotatable bonds is 1. The Hall–Kier alpha value is -1.65. The molecule has 0 N–H and O–H groups in total. The summed E-state index contributed by atoms with van der Waals surface area (Å²) in [6, 6.07) is 0. The molecule has 1 aliphatic heterocycles. The summed E-state index contributed by atoms with van der Waals surface area (Å²) in [5.41, 5.74) is 0. The third-order valence-corrected chi connectivity index (χ3v) is 1.35. The number of aromatic nitrogens is 2. The van der Waals surface area contributed by atoms with E-state index in [9.17, 15) is 0 Å². The highest BCUT2D eigenvalue weighted by molar-refractivity contribution is 5.78. The van der Waals surface area contributed by atoms with Crippen molar-refractivity contribution < 1.29 is 9.57 Å². The minimum atomic E-state index is 0.574.